The van der Waals surface area contributed by atoms with Gasteiger partial charge in [-0.05, 0) is 45.5 Å². The average Bonchev–Trinajstić information content (AvgIpc) is 2.44. The van der Waals surface area contributed by atoms with Crippen LogP contribution < -0.4 is 10.1 Å². The first-order valence-corrected chi connectivity index (χ1v) is 7.18. The third kappa shape index (κ3) is 5.92. The van der Waals surface area contributed by atoms with Gasteiger partial charge >= 0.3 is 0 Å². The molecule has 1 heterocycles. The first-order chi connectivity index (χ1) is 9.19. The first kappa shape index (κ1) is 15.8. The number of aromatic nitrogens is 1. The zero-order valence-corrected chi connectivity index (χ0v) is 12.6. The predicted octanol–water partition coefficient (Wildman–Crippen LogP) is 3.01. The van der Waals surface area contributed by atoms with Gasteiger partial charge < -0.3 is 15.0 Å². The minimum absolute atomic E-state index is 0.461. The zero-order chi connectivity index (χ0) is 14.1. The number of ether oxygens (including phenoxy) is 1. The van der Waals surface area contributed by atoms with E-state index in [0.717, 1.165) is 18.8 Å². The molecule has 0 amide bonds. The molecular weight excluding hydrogens is 238 g/mol. The van der Waals surface area contributed by atoms with Gasteiger partial charge in [-0.25, -0.2) is 4.98 Å². The summed E-state index contributed by atoms with van der Waals surface area (Å²) >= 11 is 0. The second-order valence-corrected chi connectivity index (χ2v) is 4.80. The average molecular weight is 265 g/mol. The Balaban J connectivity index is 2.32. The lowest BCUT2D eigenvalue weighted by atomic mass is 10.1. The molecule has 0 radical (unpaired) electrons. The van der Waals surface area contributed by atoms with Crippen LogP contribution in [0.25, 0.3) is 0 Å². The molecule has 1 aromatic rings. The maximum absolute atomic E-state index is 5.12. The van der Waals surface area contributed by atoms with Crippen molar-refractivity contribution in [2.75, 3.05) is 32.1 Å². The van der Waals surface area contributed by atoms with Crippen LogP contribution in [0.15, 0.2) is 18.3 Å². The van der Waals surface area contributed by atoms with Crippen LogP contribution in [0.1, 0.15) is 33.6 Å². The highest BCUT2D eigenvalue weighted by molar-refractivity contribution is 5.45. The highest BCUT2D eigenvalue weighted by Gasteiger charge is 2.05. The Morgan fingerprint density at radius 1 is 1.37 bits per heavy atom. The molecule has 0 aromatic carbocycles. The third-order valence-electron chi connectivity index (χ3n) is 3.36. The summed E-state index contributed by atoms with van der Waals surface area (Å²) in [6.45, 7) is 10.1. The van der Waals surface area contributed by atoms with E-state index in [4.69, 9.17) is 4.74 Å². The van der Waals surface area contributed by atoms with E-state index in [2.05, 4.69) is 36.0 Å². The van der Waals surface area contributed by atoms with E-state index in [1.807, 2.05) is 12.1 Å². The zero-order valence-electron chi connectivity index (χ0n) is 12.6. The molecule has 0 saturated heterocycles. The van der Waals surface area contributed by atoms with Crippen molar-refractivity contribution in [2.24, 2.45) is 0 Å². The van der Waals surface area contributed by atoms with Gasteiger partial charge in [0, 0.05) is 24.0 Å². The van der Waals surface area contributed by atoms with Gasteiger partial charge in [0.05, 0.1) is 7.11 Å². The number of nitrogens with zero attached hydrogens (tertiary/aromatic N) is 2. The van der Waals surface area contributed by atoms with E-state index in [-0.39, 0.29) is 0 Å². The molecule has 0 spiro atoms. The molecule has 0 bridgehead atoms. The van der Waals surface area contributed by atoms with Crippen LogP contribution in [0.5, 0.6) is 5.88 Å². The maximum Gasteiger partial charge on any atom is 0.214 e. The Bertz CT molecular complexity index is 353. The van der Waals surface area contributed by atoms with Crippen molar-refractivity contribution in [3.63, 3.8) is 0 Å². The minimum atomic E-state index is 0.461. The molecule has 4 heteroatoms. The van der Waals surface area contributed by atoms with Gasteiger partial charge in [0.1, 0.15) is 0 Å². The summed E-state index contributed by atoms with van der Waals surface area (Å²) in [4.78, 5) is 6.56. The normalized spacial score (nSPS) is 12.5. The Hall–Kier alpha value is -1.29. The van der Waals surface area contributed by atoms with Crippen LogP contribution in [0, 0.1) is 0 Å². The third-order valence-corrected chi connectivity index (χ3v) is 3.36. The number of hydrogen-bond acceptors (Lipinski definition) is 4. The van der Waals surface area contributed by atoms with Gasteiger partial charge in [-0.15, -0.1) is 0 Å². The highest BCUT2D eigenvalue weighted by atomic mass is 16.5. The van der Waals surface area contributed by atoms with E-state index < -0.39 is 0 Å². The van der Waals surface area contributed by atoms with Gasteiger partial charge in [0.2, 0.25) is 5.88 Å². The number of pyridine rings is 1. The van der Waals surface area contributed by atoms with Crippen LogP contribution in [0.3, 0.4) is 0 Å². The largest absolute Gasteiger partial charge is 0.481 e. The fourth-order valence-corrected chi connectivity index (χ4v) is 2.13. The van der Waals surface area contributed by atoms with Crippen molar-refractivity contribution >= 4 is 5.69 Å². The lowest BCUT2D eigenvalue weighted by molar-refractivity contribution is 0.295. The van der Waals surface area contributed by atoms with Crippen molar-refractivity contribution < 1.29 is 4.74 Å². The molecule has 0 aliphatic carbocycles. The summed E-state index contributed by atoms with van der Waals surface area (Å²) in [6.07, 6.45) is 4.16. The van der Waals surface area contributed by atoms with E-state index in [0.29, 0.717) is 11.9 Å². The fraction of sp³-hybridized carbons (Fsp3) is 0.667. The molecule has 108 valence electrons. The Morgan fingerprint density at radius 2 is 2.11 bits per heavy atom. The number of anilines is 1. The lowest BCUT2D eigenvalue weighted by Crippen LogP contribution is -2.25. The van der Waals surface area contributed by atoms with Gasteiger partial charge in [-0.1, -0.05) is 13.8 Å². The second-order valence-electron chi connectivity index (χ2n) is 4.80. The van der Waals surface area contributed by atoms with Crippen molar-refractivity contribution in [1.29, 1.82) is 0 Å². The lowest BCUT2D eigenvalue weighted by Gasteiger charge is -2.20. The van der Waals surface area contributed by atoms with Gasteiger partial charge in [-0.2, -0.15) is 0 Å². The van der Waals surface area contributed by atoms with Gasteiger partial charge in [-0.3, -0.25) is 0 Å². The molecule has 0 saturated carbocycles. The summed E-state index contributed by atoms with van der Waals surface area (Å²) in [6, 6.07) is 4.37. The smallest absolute Gasteiger partial charge is 0.214 e. The summed E-state index contributed by atoms with van der Waals surface area (Å²) in [5.41, 5.74) is 1.07. The molecule has 1 unspecified atom stereocenters. The highest BCUT2D eigenvalue weighted by Crippen LogP contribution is 2.15. The molecule has 0 fully saturated rings. The van der Waals surface area contributed by atoms with Crippen molar-refractivity contribution in [2.45, 2.75) is 39.7 Å². The summed E-state index contributed by atoms with van der Waals surface area (Å²) < 4.78 is 5.12. The number of nitrogens with one attached hydrogen (secondary N) is 1. The molecule has 1 aromatic heterocycles. The van der Waals surface area contributed by atoms with Crippen molar-refractivity contribution in [3.8, 4) is 5.88 Å². The predicted molar refractivity (Wildman–Crippen MR) is 80.9 cm³/mol. The summed E-state index contributed by atoms with van der Waals surface area (Å²) in [5, 5.41) is 3.49. The molecular formula is C15H27N3O. The van der Waals surface area contributed by atoms with Crippen molar-refractivity contribution in [1.82, 2.24) is 9.88 Å². The van der Waals surface area contributed by atoms with Crippen LogP contribution >= 0.6 is 0 Å². The van der Waals surface area contributed by atoms with Crippen LogP contribution in [-0.4, -0.2) is 42.7 Å². The Labute approximate surface area is 117 Å². The quantitative estimate of drug-likeness (QED) is 0.745. The van der Waals surface area contributed by atoms with E-state index in [1.54, 1.807) is 13.3 Å². The van der Waals surface area contributed by atoms with E-state index >= 15 is 0 Å². The monoisotopic (exact) mass is 265 g/mol. The molecule has 1 rings (SSSR count). The van der Waals surface area contributed by atoms with Gasteiger partial charge in [0.15, 0.2) is 0 Å². The molecule has 0 aliphatic rings. The van der Waals surface area contributed by atoms with Crippen LogP contribution in [0.2, 0.25) is 0 Å². The summed E-state index contributed by atoms with van der Waals surface area (Å²) in [5.74, 6) is 0.653. The van der Waals surface area contributed by atoms with Gasteiger partial charge in [0.25, 0.3) is 0 Å². The SMILES string of the molecule is CCN(CC)CCCC(C)Nc1ccnc(OC)c1. The van der Waals surface area contributed by atoms with Crippen LogP contribution in [0.4, 0.5) is 5.69 Å². The van der Waals surface area contributed by atoms with E-state index in [9.17, 15) is 0 Å². The molecule has 4 nitrogen and oxygen atoms in total. The number of methoxy groups -OCH3 is 1. The maximum atomic E-state index is 5.12. The molecule has 19 heavy (non-hydrogen) atoms. The minimum Gasteiger partial charge on any atom is -0.481 e. The fourth-order valence-electron chi connectivity index (χ4n) is 2.13. The topological polar surface area (TPSA) is 37.4 Å². The molecule has 1 N–H and O–H groups in total. The standard InChI is InChI=1S/C15H27N3O/c1-5-18(6-2)11-7-8-13(3)17-14-9-10-16-15(12-14)19-4/h9-10,12-13H,5-8,11H2,1-4H3,(H,16,17). The van der Waals surface area contributed by atoms with E-state index in [1.165, 1.54) is 19.4 Å². The summed E-state index contributed by atoms with van der Waals surface area (Å²) in [7, 11) is 1.64. The Morgan fingerprint density at radius 3 is 2.74 bits per heavy atom. The molecule has 0 aliphatic heterocycles. The van der Waals surface area contributed by atoms with Crippen molar-refractivity contribution in [3.05, 3.63) is 18.3 Å². The molecule has 1 atom stereocenters. The number of rotatable bonds is 9. The Kier molecular flexibility index (Phi) is 7.26. The second kappa shape index (κ2) is 8.75. The van der Waals surface area contributed by atoms with Crippen LogP contribution in [-0.2, 0) is 0 Å². The number of hydrogen-bond donors (Lipinski definition) is 1. The first-order valence-electron chi connectivity index (χ1n) is 7.18.